The van der Waals surface area contributed by atoms with Gasteiger partial charge in [0.1, 0.15) is 11.5 Å². The fraction of sp³-hybridized carbons (Fsp3) is 0.120. The Morgan fingerprint density at radius 2 is 1.62 bits per heavy atom. The molecule has 0 fully saturated rings. The minimum Gasteiger partial charge on any atom is -0.497 e. The summed E-state index contributed by atoms with van der Waals surface area (Å²) in [7, 11) is 3.07. The Morgan fingerprint density at radius 1 is 0.949 bits per heavy atom. The van der Waals surface area contributed by atoms with Crippen LogP contribution in [0.2, 0.25) is 0 Å². The maximum atomic E-state index is 13.3. The predicted molar refractivity (Wildman–Crippen MR) is 167 cm³/mol. The van der Waals surface area contributed by atoms with Gasteiger partial charge < -0.3 is 14.8 Å². The minimum atomic E-state index is -0.432. The van der Waals surface area contributed by atoms with Crippen molar-refractivity contribution < 1.29 is 23.9 Å². The third kappa shape index (κ3) is 5.26. The molecule has 0 saturated carbocycles. The number of fused-ring (bicyclic) bond motifs is 2. The van der Waals surface area contributed by atoms with Crippen molar-refractivity contribution in [2.45, 2.75) is 4.34 Å². The third-order valence-electron chi connectivity index (χ3n) is 5.72. The molecule has 0 unspecified atom stereocenters. The van der Waals surface area contributed by atoms with E-state index in [1.54, 1.807) is 43.5 Å². The van der Waals surface area contributed by atoms with Crippen LogP contribution in [0.3, 0.4) is 0 Å². The van der Waals surface area contributed by atoms with E-state index in [0.29, 0.717) is 50.6 Å². The summed E-state index contributed by atoms with van der Waals surface area (Å²) >= 11 is 16.4. The summed E-state index contributed by atoms with van der Waals surface area (Å²) in [6.07, 6.45) is 0. The number of hydrogen-bond donors (Lipinski definition) is 1. The van der Waals surface area contributed by atoms with E-state index in [0.717, 1.165) is 9.60 Å². The number of carbonyl (C=O) groups excluding carboxylic acids is 3. The van der Waals surface area contributed by atoms with Crippen LogP contribution in [-0.2, 0) is 4.79 Å². The molecule has 0 atom stereocenters. The quantitative estimate of drug-likeness (QED) is 0.0877. The predicted octanol–water partition coefficient (Wildman–Crippen LogP) is 7.89. The summed E-state index contributed by atoms with van der Waals surface area (Å²) in [5, 5.41) is 2.84. The van der Waals surface area contributed by atoms with E-state index in [4.69, 9.17) is 9.47 Å². The molecule has 0 radical (unpaired) electrons. The van der Waals surface area contributed by atoms with Crippen molar-refractivity contribution in [3.05, 3.63) is 65.4 Å². The first kappa shape index (κ1) is 28.6. The number of imide groups is 1. The number of thiazole rings is 1. The zero-order valence-corrected chi connectivity index (χ0v) is 27.9. The Hall–Kier alpha value is -1.97. The normalized spacial score (nSPS) is 12.7. The van der Waals surface area contributed by atoms with Crippen LogP contribution in [0.5, 0.6) is 11.5 Å². The topological polar surface area (TPSA) is 97.8 Å². The molecule has 0 saturated heterocycles. The van der Waals surface area contributed by atoms with Gasteiger partial charge in [0.25, 0.3) is 11.8 Å². The Bertz CT molecular complexity index is 1650. The summed E-state index contributed by atoms with van der Waals surface area (Å²) in [5.74, 6) is 0.146. The molecule has 3 aromatic carbocycles. The third-order valence-corrected chi connectivity index (χ3v) is 12.6. The number of methoxy groups -OCH3 is 2. The van der Waals surface area contributed by atoms with E-state index >= 15 is 0 Å². The van der Waals surface area contributed by atoms with Gasteiger partial charge in [-0.15, -0.1) is 11.3 Å². The van der Waals surface area contributed by atoms with E-state index in [-0.39, 0.29) is 22.8 Å². The van der Waals surface area contributed by atoms with Crippen molar-refractivity contribution >= 4 is 126 Å². The second-order valence-electron chi connectivity index (χ2n) is 7.99. The standard InChI is InChI=1S/C25H15Br4N3O5S2/c1-36-11-4-6-14(37-2)13(8-11)30-16(33)9-38-25-31-12-5-3-10(7-15(12)39-25)32-23(34)17-18(24(32)35)20(27)22(29)21(28)19(17)26/h3-8H,9H2,1-2H3,(H,30,33). The van der Waals surface area contributed by atoms with E-state index in [1.165, 1.54) is 30.2 Å². The number of thioether (sulfide) groups is 1. The Labute approximate surface area is 264 Å². The molecule has 1 aliphatic rings. The fourth-order valence-electron chi connectivity index (χ4n) is 3.90. The first-order valence-electron chi connectivity index (χ1n) is 10.9. The molecule has 5 rings (SSSR count). The molecule has 3 amide bonds. The molecule has 2 heterocycles. The lowest BCUT2D eigenvalue weighted by Crippen LogP contribution is -2.29. The monoisotopic (exact) mass is 817 g/mol. The molecule has 1 aromatic heterocycles. The number of halogens is 4. The van der Waals surface area contributed by atoms with Crippen molar-refractivity contribution in [1.82, 2.24) is 4.98 Å². The highest BCUT2D eigenvalue weighted by Gasteiger charge is 2.42. The van der Waals surface area contributed by atoms with E-state index in [1.807, 2.05) is 0 Å². The average molecular weight is 821 g/mol. The number of hydrogen-bond acceptors (Lipinski definition) is 8. The smallest absolute Gasteiger partial charge is 0.267 e. The molecule has 14 heteroatoms. The van der Waals surface area contributed by atoms with Gasteiger partial charge in [-0.1, -0.05) is 11.8 Å². The van der Waals surface area contributed by atoms with E-state index < -0.39 is 11.8 Å². The number of benzene rings is 3. The van der Waals surface area contributed by atoms with Crippen LogP contribution in [0.25, 0.3) is 10.2 Å². The molecule has 4 aromatic rings. The lowest BCUT2D eigenvalue weighted by atomic mass is 10.1. The Kier molecular flexibility index (Phi) is 8.41. The van der Waals surface area contributed by atoms with Crippen molar-refractivity contribution in [2.75, 3.05) is 30.2 Å². The van der Waals surface area contributed by atoms with Gasteiger partial charge in [0.2, 0.25) is 5.91 Å². The van der Waals surface area contributed by atoms with E-state index in [9.17, 15) is 14.4 Å². The number of rotatable bonds is 7. The van der Waals surface area contributed by atoms with Gasteiger partial charge >= 0.3 is 0 Å². The zero-order chi connectivity index (χ0) is 28.0. The number of ether oxygens (including phenoxy) is 2. The molecule has 8 nitrogen and oxygen atoms in total. The zero-order valence-electron chi connectivity index (χ0n) is 19.9. The van der Waals surface area contributed by atoms with Crippen LogP contribution in [0.15, 0.2) is 58.6 Å². The largest absolute Gasteiger partial charge is 0.497 e. The van der Waals surface area contributed by atoms with Crippen LogP contribution < -0.4 is 19.7 Å². The number of carbonyl (C=O) groups is 3. The van der Waals surface area contributed by atoms with Crippen molar-refractivity contribution in [1.29, 1.82) is 0 Å². The average Bonchev–Trinajstić information content (AvgIpc) is 3.46. The van der Waals surface area contributed by atoms with Crippen molar-refractivity contribution in [3.8, 4) is 11.5 Å². The molecule has 1 N–H and O–H groups in total. The summed E-state index contributed by atoms with van der Waals surface area (Å²) in [4.78, 5) is 45.1. The fourth-order valence-corrected chi connectivity index (χ4v) is 8.26. The maximum absolute atomic E-state index is 13.3. The lowest BCUT2D eigenvalue weighted by molar-refractivity contribution is -0.113. The SMILES string of the molecule is COc1ccc(OC)c(NC(=O)CSc2nc3ccc(N4C(=O)c5c(Br)c(Br)c(Br)c(Br)c5C4=O)cc3s2)c1. The summed E-state index contributed by atoms with van der Waals surface area (Å²) in [5.41, 5.74) is 2.20. The van der Waals surface area contributed by atoms with Crippen LogP contribution >= 0.6 is 86.8 Å². The molecule has 200 valence electrons. The first-order valence-corrected chi connectivity index (χ1v) is 15.9. The molecular weight excluding hydrogens is 806 g/mol. The van der Waals surface area contributed by atoms with Gasteiger partial charge in [0.05, 0.1) is 52.7 Å². The molecule has 0 spiro atoms. The van der Waals surface area contributed by atoms with E-state index in [2.05, 4.69) is 74.0 Å². The maximum Gasteiger partial charge on any atom is 0.267 e. The Balaban J connectivity index is 1.34. The van der Waals surface area contributed by atoms with Gasteiger partial charge in [-0.05, 0) is 94.1 Å². The van der Waals surface area contributed by atoms with Gasteiger partial charge in [-0.2, -0.15) is 0 Å². The summed E-state index contributed by atoms with van der Waals surface area (Å²) < 4.78 is 14.2. The van der Waals surface area contributed by atoms with Crippen molar-refractivity contribution in [3.63, 3.8) is 0 Å². The molecule has 0 bridgehead atoms. The highest BCUT2D eigenvalue weighted by atomic mass is 79.9. The summed E-state index contributed by atoms with van der Waals surface area (Å²) in [6, 6.07) is 10.4. The highest BCUT2D eigenvalue weighted by Crippen LogP contribution is 2.46. The highest BCUT2D eigenvalue weighted by molar-refractivity contribution is 9.15. The molecule has 0 aliphatic carbocycles. The van der Waals surface area contributed by atoms with Crippen LogP contribution in [0, 0.1) is 0 Å². The van der Waals surface area contributed by atoms with Gasteiger partial charge in [-0.3, -0.25) is 14.4 Å². The van der Waals surface area contributed by atoms with Crippen LogP contribution in [0.1, 0.15) is 20.7 Å². The lowest BCUT2D eigenvalue weighted by Gasteiger charge is -2.13. The van der Waals surface area contributed by atoms with Crippen molar-refractivity contribution in [2.24, 2.45) is 0 Å². The molecule has 39 heavy (non-hydrogen) atoms. The Morgan fingerprint density at radius 3 is 2.23 bits per heavy atom. The second-order valence-corrected chi connectivity index (χ2v) is 13.4. The van der Waals surface area contributed by atoms with Gasteiger partial charge in [-0.25, -0.2) is 9.88 Å². The van der Waals surface area contributed by atoms with Crippen LogP contribution in [0.4, 0.5) is 11.4 Å². The number of anilines is 2. The first-order chi connectivity index (χ1) is 18.6. The van der Waals surface area contributed by atoms with Gasteiger partial charge in [0.15, 0.2) is 4.34 Å². The minimum absolute atomic E-state index is 0.122. The molecule has 1 aliphatic heterocycles. The second kappa shape index (κ2) is 11.5. The summed E-state index contributed by atoms with van der Waals surface area (Å²) in [6.45, 7) is 0. The number of nitrogens with one attached hydrogen (secondary N) is 1. The van der Waals surface area contributed by atoms with Gasteiger partial charge in [0, 0.05) is 24.0 Å². The number of aromatic nitrogens is 1. The van der Waals surface area contributed by atoms with Crippen LogP contribution in [-0.4, -0.2) is 42.7 Å². The number of amides is 3. The number of nitrogens with zero attached hydrogens (tertiary/aromatic N) is 2. The molecular formula is C25H15Br4N3O5S2.